The molecule has 4 aromatic heterocycles. The maximum Gasteiger partial charge on any atom is 0.223 e. The number of hydrogen-bond donors (Lipinski definition) is 1. The summed E-state index contributed by atoms with van der Waals surface area (Å²) in [6.45, 7) is 4.63. The van der Waals surface area contributed by atoms with E-state index in [0.717, 1.165) is 33.3 Å². The van der Waals surface area contributed by atoms with Crippen LogP contribution in [0.4, 0.5) is 14.7 Å². The number of pyridine rings is 1. The van der Waals surface area contributed by atoms with Gasteiger partial charge in [-0.1, -0.05) is 30.3 Å². The normalized spacial score (nSPS) is 11.5. The average molecular weight is 507 g/mol. The molecule has 0 saturated heterocycles. The fourth-order valence-electron chi connectivity index (χ4n) is 3.89. The van der Waals surface area contributed by atoms with Gasteiger partial charge in [-0.25, -0.2) is 19.3 Å². The van der Waals surface area contributed by atoms with Crippen molar-refractivity contribution >= 4 is 27.4 Å². The zero-order chi connectivity index (χ0) is 25.1. The standard InChI is InChI=1S/C25H24F2N8S/c1-3-34(2)15-17-13-29-22(27)12-19(17)18-6-4-5-16-11-21(36-24(16)18)23-20(26)14-30-25(32-23)28-7-9-35-10-8-31-33-35/h4-6,8,10-14H,3,7,9,15H2,1-2H3,(H,28,30,32). The molecule has 5 aromatic rings. The second kappa shape index (κ2) is 10.4. The van der Waals surface area contributed by atoms with E-state index in [1.807, 2.05) is 31.3 Å². The molecule has 184 valence electrons. The Kier molecular flexibility index (Phi) is 6.92. The number of anilines is 1. The summed E-state index contributed by atoms with van der Waals surface area (Å²) >= 11 is 1.42. The first kappa shape index (κ1) is 23.9. The van der Waals surface area contributed by atoms with Crippen LogP contribution >= 0.6 is 11.3 Å². The van der Waals surface area contributed by atoms with E-state index in [2.05, 4.69) is 42.4 Å². The van der Waals surface area contributed by atoms with Gasteiger partial charge in [0.15, 0.2) is 5.82 Å². The van der Waals surface area contributed by atoms with Gasteiger partial charge >= 0.3 is 0 Å². The number of halogens is 2. The molecule has 0 aliphatic carbocycles. The van der Waals surface area contributed by atoms with Crippen molar-refractivity contribution in [1.29, 1.82) is 0 Å². The first-order valence-corrected chi connectivity index (χ1v) is 12.3. The number of thiophene rings is 1. The summed E-state index contributed by atoms with van der Waals surface area (Å²) in [5, 5.41) is 11.7. The number of benzene rings is 1. The molecule has 8 nitrogen and oxygen atoms in total. The average Bonchev–Trinajstić information content (AvgIpc) is 3.56. The predicted molar refractivity (Wildman–Crippen MR) is 137 cm³/mol. The third-order valence-corrected chi connectivity index (χ3v) is 7.03. The molecule has 36 heavy (non-hydrogen) atoms. The number of hydrogen-bond acceptors (Lipinski definition) is 8. The molecular weight excluding hydrogens is 482 g/mol. The van der Waals surface area contributed by atoms with E-state index in [1.165, 1.54) is 23.6 Å². The van der Waals surface area contributed by atoms with Gasteiger partial charge in [-0.2, -0.15) is 4.39 Å². The summed E-state index contributed by atoms with van der Waals surface area (Å²) in [7, 11) is 2.01. The zero-order valence-corrected chi connectivity index (χ0v) is 20.6. The van der Waals surface area contributed by atoms with Crippen LogP contribution in [0.15, 0.2) is 55.1 Å². The monoisotopic (exact) mass is 506 g/mol. The zero-order valence-electron chi connectivity index (χ0n) is 19.8. The quantitative estimate of drug-likeness (QED) is 0.286. The summed E-state index contributed by atoms with van der Waals surface area (Å²) in [6, 6.07) is 9.22. The Labute approximate surface area is 210 Å². The molecule has 0 saturated carbocycles. The van der Waals surface area contributed by atoms with Gasteiger partial charge < -0.3 is 10.2 Å². The second-order valence-electron chi connectivity index (χ2n) is 8.31. The molecule has 0 radical (unpaired) electrons. The highest BCUT2D eigenvalue weighted by molar-refractivity contribution is 7.22. The van der Waals surface area contributed by atoms with Crippen molar-refractivity contribution in [2.75, 3.05) is 25.5 Å². The minimum absolute atomic E-state index is 0.215. The topological polar surface area (TPSA) is 84.7 Å². The lowest BCUT2D eigenvalue weighted by atomic mass is 10.00. The Morgan fingerprint density at radius 1 is 1.11 bits per heavy atom. The molecule has 0 aliphatic heterocycles. The van der Waals surface area contributed by atoms with Crippen LogP contribution in [0.5, 0.6) is 0 Å². The van der Waals surface area contributed by atoms with Crippen molar-refractivity contribution < 1.29 is 8.78 Å². The largest absolute Gasteiger partial charge is 0.352 e. The van der Waals surface area contributed by atoms with Gasteiger partial charge in [-0.05, 0) is 36.2 Å². The summed E-state index contributed by atoms with van der Waals surface area (Å²) in [5.74, 6) is -0.722. The molecule has 0 amide bonds. The van der Waals surface area contributed by atoms with Crippen molar-refractivity contribution in [1.82, 2.24) is 34.8 Å². The number of aromatic nitrogens is 6. The number of rotatable bonds is 9. The molecule has 5 rings (SSSR count). The first-order chi connectivity index (χ1) is 17.5. The molecule has 0 atom stereocenters. The third-order valence-electron chi connectivity index (χ3n) is 5.84. The van der Waals surface area contributed by atoms with Crippen molar-refractivity contribution in [2.24, 2.45) is 0 Å². The maximum absolute atomic E-state index is 14.8. The van der Waals surface area contributed by atoms with Crippen LogP contribution < -0.4 is 5.32 Å². The second-order valence-corrected chi connectivity index (χ2v) is 9.36. The van der Waals surface area contributed by atoms with Gasteiger partial charge in [0.05, 0.1) is 23.8 Å². The van der Waals surface area contributed by atoms with Crippen LogP contribution in [0.3, 0.4) is 0 Å². The van der Waals surface area contributed by atoms with Gasteiger partial charge in [0.2, 0.25) is 11.9 Å². The summed E-state index contributed by atoms with van der Waals surface area (Å²) in [5.41, 5.74) is 2.80. The summed E-state index contributed by atoms with van der Waals surface area (Å²) in [4.78, 5) is 15.2. The van der Waals surface area contributed by atoms with E-state index in [9.17, 15) is 8.78 Å². The lowest BCUT2D eigenvalue weighted by Crippen LogP contribution is -2.17. The Hall–Kier alpha value is -3.83. The van der Waals surface area contributed by atoms with E-state index in [1.54, 1.807) is 23.3 Å². The van der Waals surface area contributed by atoms with Crippen LogP contribution in [-0.4, -0.2) is 55.0 Å². The lowest BCUT2D eigenvalue weighted by molar-refractivity contribution is 0.345. The maximum atomic E-state index is 14.8. The predicted octanol–water partition coefficient (Wildman–Crippen LogP) is 4.85. The molecule has 1 aromatic carbocycles. The van der Waals surface area contributed by atoms with E-state index in [0.29, 0.717) is 30.5 Å². The highest BCUT2D eigenvalue weighted by Gasteiger charge is 2.17. The van der Waals surface area contributed by atoms with Gasteiger partial charge in [-0.15, -0.1) is 16.4 Å². The van der Waals surface area contributed by atoms with Crippen molar-refractivity contribution in [3.05, 3.63) is 72.4 Å². The SMILES string of the molecule is CCN(C)Cc1cnc(F)cc1-c1cccc2cc(-c3nc(NCCn4ccnn4)ncc3F)sc12. The molecule has 0 fully saturated rings. The number of fused-ring (bicyclic) bond motifs is 1. The Morgan fingerprint density at radius 3 is 2.81 bits per heavy atom. The first-order valence-electron chi connectivity index (χ1n) is 11.5. The molecule has 0 unspecified atom stereocenters. The fraction of sp³-hybridized carbons (Fsp3) is 0.240. The Bertz CT molecular complexity index is 1490. The van der Waals surface area contributed by atoms with Crippen LogP contribution in [0.2, 0.25) is 0 Å². The molecule has 4 heterocycles. The smallest absolute Gasteiger partial charge is 0.223 e. The van der Waals surface area contributed by atoms with E-state index < -0.39 is 11.8 Å². The van der Waals surface area contributed by atoms with Gasteiger partial charge in [0, 0.05) is 41.8 Å². The minimum atomic E-state index is -0.537. The highest BCUT2D eigenvalue weighted by Crippen LogP contribution is 2.40. The van der Waals surface area contributed by atoms with Crippen LogP contribution in [0.1, 0.15) is 12.5 Å². The molecule has 0 aliphatic rings. The molecule has 0 spiro atoms. The fourth-order valence-corrected chi connectivity index (χ4v) is 5.07. The number of nitrogens with one attached hydrogen (secondary N) is 1. The Balaban J connectivity index is 1.49. The third kappa shape index (κ3) is 5.07. The van der Waals surface area contributed by atoms with Crippen LogP contribution in [0.25, 0.3) is 31.8 Å². The van der Waals surface area contributed by atoms with Gasteiger partial charge in [0.25, 0.3) is 0 Å². The summed E-state index contributed by atoms with van der Waals surface area (Å²) in [6.07, 6.45) is 6.12. The summed E-state index contributed by atoms with van der Waals surface area (Å²) < 4.78 is 31.6. The molecular formula is C25H24F2N8S. The Morgan fingerprint density at radius 2 is 2.00 bits per heavy atom. The highest BCUT2D eigenvalue weighted by atomic mass is 32.1. The van der Waals surface area contributed by atoms with E-state index >= 15 is 0 Å². The van der Waals surface area contributed by atoms with Gasteiger partial charge in [-0.3, -0.25) is 4.68 Å². The minimum Gasteiger partial charge on any atom is -0.352 e. The molecule has 11 heteroatoms. The van der Waals surface area contributed by atoms with E-state index in [4.69, 9.17) is 0 Å². The van der Waals surface area contributed by atoms with Crippen molar-refractivity contribution in [3.8, 4) is 21.7 Å². The van der Waals surface area contributed by atoms with Gasteiger partial charge in [0.1, 0.15) is 5.69 Å². The van der Waals surface area contributed by atoms with Crippen LogP contribution in [-0.2, 0) is 13.1 Å². The van der Waals surface area contributed by atoms with Crippen molar-refractivity contribution in [2.45, 2.75) is 20.0 Å². The van der Waals surface area contributed by atoms with Crippen molar-refractivity contribution in [3.63, 3.8) is 0 Å². The lowest BCUT2D eigenvalue weighted by Gasteiger charge is -2.17. The number of nitrogens with zero attached hydrogens (tertiary/aromatic N) is 7. The molecule has 1 N–H and O–H groups in total. The van der Waals surface area contributed by atoms with Crippen LogP contribution in [0, 0.1) is 11.8 Å². The van der Waals surface area contributed by atoms with E-state index in [-0.39, 0.29) is 5.69 Å². The molecule has 0 bridgehead atoms.